The minimum atomic E-state index is -0.430. The summed E-state index contributed by atoms with van der Waals surface area (Å²) in [6.45, 7) is 4.61. The molecule has 1 N–H and O–H groups in total. The van der Waals surface area contributed by atoms with Crippen LogP contribution in [-0.4, -0.2) is 57.1 Å². The van der Waals surface area contributed by atoms with Crippen molar-refractivity contribution in [2.24, 2.45) is 5.92 Å². The summed E-state index contributed by atoms with van der Waals surface area (Å²) in [5.74, 6) is 0.574. The van der Waals surface area contributed by atoms with E-state index in [1.807, 2.05) is 16.1 Å². The highest BCUT2D eigenvalue weighted by Gasteiger charge is 2.22. The van der Waals surface area contributed by atoms with E-state index in [1.165, 1.54) is 17.7 Å². The largest absolute Gasteiger partial charge is 0.389 e. The van der Waals surface area contributed by atoms with E-state index in [4.69, 9.17) is 4.74 Å². The highest BCUT2D eigenvalue weighted by atomic mass is 32.1. The minimum absolute atomic E-state index is 0.391. The molecule has 7 heteroatoms. The smallest absolute Gasteiger partial charge is 0.137 e. The van der Waals surface area contributed by atoms with Gasteiger partial charge in [-0.3, -0.25) is 4.68 Å². The molecule has 1 saturated heterocycles. The predicted molar refractivity (Wildman–Crippen MR) is 89.2 cm³/mol. The van der Waals surface area contributed by atoms with Crippen molar-refractivity contribution < 1.29 is 9.84 Å². The molecule has 0 unspecified atom stereocenters. The summed E-state index contributed by atoms with van der Waals surface area (Å²) in [5, 5.41) is 16.4. The maximum absolute atomic E-state index is 10.2. The van der Waals surface area contributed by atoms with Gasteiger partial charge in [-0.05, 0) is 36.8 Å². The van der Waals surface area contributed by atoms with Crippen LogP contribution in [0.4, 0.5) is 0 Å². The van der Waals surface area contributed by atoms with Crippen LogP contribution < -0.4 is 0 Å². The van der Waals surface area contributed by atoms with E-state index in [0.717, 1.165) is 19.6 Å². The Morgan fingerprint density at radius 2 is 2.43 bits per heavy atom. The monoisotopic (exact) mass is 336 g/mol. The summed E-state index contributed by atoms with van der Waals surface area (Å²) in [7, 11) is 0. The number of ether oxygens (including phenoxy) is 1. The number of aromatic nitrogens is 3. The van der Waals surface area contributed by atoms with Gasteiger partial charge in [-0.25, -0.2) is 4.98 Å². The second-order valence-electron chi connectivity index (χ2n) is 6.13. The predicted octanol–water partition coefficient (Wildman–Crippen LogP) is 1.63. The third-order valence-corrected chi connectivity index (χ3v) is 4.97. The van der Waals surface area contributed by atoms with Crippen LogP contribution in [0, 0.1) is 5.92 Å². The summed E-state index contributed by atoms with van der Waals surface area (Å²) in [6.07, 6.45) is 5.30. The highest BCUT2D eigenvalue weighted by Crippen LogP contribution is 2.18. The first-order chi connectivity index (χ1) is 11.3. The van der Waals surface area contributed by atoms with E-state index in [0.29, 0.717) is 25.7 Å². The van der Waals surface area contributed by atoms with E-state index in [2.05, 4.69) is 21.0 Å². The first-order valence-corrected chi connectivity index (χ1v) is 9.00. The molecule has 126 valence electrons. The summed E-state index contributed by atoms with van der Waals surface area (Å²) >= 11 is 1.68. The van der Waals surface area contributed by atoms with E-state index < -0.39 is 6.10 Å². The number of likely N-dealkylation sites (tertiary alicyclic amines) is 1. The zero-order valence-corrected chi connectivity index (χ0v) is 14.1. The molecule has 2 atom stereocenters. The van der Waals surface area contributed by atoms with Gasteiger partial charge in [0.2, 0.25) is 0 Å². The fourth-order valence-electron chi connectivity index (χ4n) is 3.10. The molecule has 0 aromatic carbocycles. The molecule has 1 fully saturated rings. The molecule has 2 aromatic heterocycles. The van der Waals surface area contributed by atoms with Gasteiger partial charge >= 0.3 is 0 Å². The number of hydrogen-bond acceptors (Lipinski definition) is 6. The molecule has 1 aliphatic rings. The van der Waals surface area contributed by atoms with Gasteiger partial charge in [0.25, 0.3) is 0 Å². The zero-order chi connectivity index (χ0) is 15.9. The lowest BCUT2D eigenvalue weighted by atomic mass is 9.98. The SMILES string of the molecule is O[C@@H](COCc1cccs1)CN1CCC[C@@H](Cn2cncn2)C1. The maximum atomic E-state index is 10.2. The number of nitrogens with zero attached hydrogens (tertiary/aromatic N) is 4. The molecule has 0 amide bonds. The molecule has 3 rings (SSSR count). The minimum Gasteiger partial charge on any atom is -0.389 e. The number of β-amino-alcohol motifs (C(OH)–C–C–N with tert-alkyl or cyclic N) is 1. The van der Waals surface area contributed by atoms with Gasteiger partial charge in [0, 0.05) is 24.5 Å². The van der Waals surface area contributed by atoms with Crippen molar-refractivity contribution in [3.05, 3.63) is 35.0 Å². The van der Waals surface area contributed by atoms with Crippen LogP contribution in [0.15, 0.2) is 30.2 Å². The number of rotatable bonds is 8. The summed E-state index contributed by atoms with van der Waals surface area (Å²) in [4.78, 5) is 7.53. The van der Waals surface area contributed by atoms with Crippen LogP contribution in [0.2, 0.25) is 0 Å². The first-order valence-electron chi connectivity index (χ1n) is 8.12. The normalized spacial score (nSPS) is 20.7. The fraction of sp³-hybridized carbons (Fsp3) is 0.625. The number of aliphatic hydroxyl groups excluding tert-OH is 1. The van der Waals surface area contributed by atoms with E-state index >= 15 is 0 Å². The van der Waals surface area contributed by atoms with Crippen molar-refractivity contribution in [2.45, 2.75) is 32.1 Å². The average molecular weight is 336 g/mol. The molecule has 3 heterocycles. The van der Waals surface area contributed by atoms with Crippen LogP contribution in [-0.2, 0) is 17.9 Å². The zero-order valence-electron chi connectivity index (χ0n) is 13.3. The molecule has 0 bridgehead atoms. The lowest BCUT2D eigenvalue weighted by molar-refractivity contribution is 0.00282. The second-order valence-corrected chi connectivity index (χ2v) is 7.17. The number of piperidine rings is 1. The number of aliphatic hydroxyl groups is 1. The van der Waals surface area contributed by atoms with Gasteiger partial charge in [-0.15, -0.1) is 11.3 Å². The number of hydrogen-bond donors (Lipinski definition) is 1. The van der Waals surface area contributed by atoms with Crippen molar-refractivity contribution in [3.8, 4) is 0 Å². The van der Waals surface area contributed by atoms with Crippen molar-refractivity contribution in [2.75, 3.05) is 26.2 Å². The molecular weight excluding hydrogens is 312 g/mol. The van der Waals surface area contributed by atoms with E-state index in [-0.39, 0.29) is 0 Å². The molecular formula is C16H24N4O2S. The topological polar surface area (TPSA) is 63.4 Å². The summed E-state index contributed by atoms with van der Waals surface area (Å²) < 4.78 is 7.50. The third kappa shape index (κ3) is 5.39. The molecule has 6 nitrogen and oxygen atoms in total. The van der Waals surface area contributed by atoms with Crippen LogP contribution >= 0.6 is 11.3 Å². The van der Waals surface area contributed by atoms with Crippen LogP contribution in [0.3, 0.4) is 0 Å². The fourth-order valence-corrected chi connectivity index (χ4v) is 3.74. The lowest BCUT2D eigenvalue weighted by Gasteiger charge is -2.33. The van der Waals surface area contributed by atoms with Crippen LogP contribution in [0.1, 0.15) is 17.7 Å². The molecule has 23 heavy (non-hydrogen) atoms. The lowest BCUT2D eigenvalue weighted by Crippen LogP contribution is -2.42. The van der Waals surface area contributed by atoms with Crippen molar-refractivity contribution in [3.63, 3.8) is 0 Å². The molecule has 1 aliphatic heterocycles. The van der Waals surface area contributed by atoms with Crippen molar-refractivity contribution in [1.82, 2.24) is 19.7 Å². The Hall–Kier alpha value is -1.28. The van der Waals surface area contributed by atoms with Gasteiger partial charge in [0.05, 0.1) is 19.3 Å². The summed E-state index contributed by atoms with van der Waals surface area (Å²) in [5.41, 5.74) is 0. The average Bonchev–Trinajstić information content (AvgIpc) is 3.21. The van der Waals surface area contributed by atoms with Crippen molar-refractivity contribution in [1.29, 1.82) is 0 Å². The Bertz CT molecular complexity index is 546. The van der Waals surface area contributed by atoms with Gasteiger partial charge in [-0.2, -0.15) is 5.10 Å². The quantitative estimate of drug-likeness (QED) is 0.794. The molecule has 0 saturated carbocycles. The molecule has 0 spiro atoms. The molecule has 2 aromatic rings. The maximum Gasteiger partial charge on any atom is 0.137 e. The highest BCUT2D eigenvalue weighted by molar-refractivity contribution is 7.09. The van der Waals surface area contributed by atoms with Crippen LogP contribution in [0.25, 0.3) is 0 Å². The van der Waals surface area contributed by atoms with Crippen LogP contribution in [0.5, 0.6) is 0 Å². The Morgan fingerprint density at radius 1 is 1.48 bits per heavy atom. The van der Waals surface area contributed by atoms with Gasteiger partial charge in [-0.1, -0.05) is 6.07 Å². The van der Waals surface area contributed by atoms with E-state index in [1.54, 1.807) is 24.0 Å². The van der Waals surface area contributed by atoms with Crippen molar-refractivity contribution >= 4 is 11.3 Å². The van der Waals surface area contributed by atoms with Gasteiger partial charge < -0.3 is 14.7 Å². The first kappa shape index (κ1) is 16.6. The standard InChI is InChI=1S/C16H24N4O2S/c21-15(10-22-11-16-4-2-6-23-16)9-19-5-1-3-14(7-19)8-20-13-17-12-18-20/h2,4,6,12-15,21H,1,3,5,7-11H2/t14-,15-/m1/s1. The van der Waals surface area contributed by atoms with Gasteiger partial charge in [0.1, 0.15) is 12.7 Å². The molecule has 0 radical (unpaired) electrons. The Kier molecular flexibility index (Phi) is 6.15. The Labute approximate surface area is 140 Å². The molecule has 0 aliphatic carbocycles. The van der Waals surface area contributed by atoms with E-state index in [9.17, 15) is 5.11 Å². The summed E-state index contributed by atoms with van der Waals surface area (Å²) in [6, 6.07) is 4.07. The Balaban J connectivity index is 1.36. The van der Waals surface area contributed by atoms with Gasteiger partial charge in [0.15, 0.2) is 0 Å². The second kappa shape index (κ2) is 8.54. The third-order valence-electron chi connectivity index (χ3n) is 4.12. The Morgan fingerprint density at radius 3 is 3.22 bits per heavy atom. The number of thiophene rings is 1.